The molecule has 0 aliphatic carbocycles. The molecule has 2 aromatic carbocycles. The average Bonchev–Trinajstić information content (AvgIpc) is 2.85. The summed E-state index contributed by atoms with van der Waals surface area (Å²) in [6.45, 7) is 1.90. The number of nitro groups is 1. The van der Waals surface area contributed by atoms with Gasteiger partial charge in [-0.3, -0.25) is 10.1 Å². The quantitative estimate of drug-likeness (QED) is 0.560. The van der Waals surface area contributed by atoms with Crippen LogP contribution in [0.25, 0.3) is 10.2 Å². The second-order valence-corrected chi connectivity index (χ2v) is 8.44. The number of sulfone groups is 1. The largest absolute Gasteiger partial charge is 0.350 e. The maximum Gasteiger partial charge on any atom is 0.311 e. The molecule has 7 nitrogen and oxygen atoms in total. The van der Waals surface area contributed by atoms with Crippen molar-refractivity contribution in [3.8, 4) is 0 Å². The van der Waals surface area contributed by atoms with E-state index in [1.54, 1.807) is 6.07 Å². The van der Waals surface area contributed by atoms with Gasteiger partial charge >= 0.3 is 5.69 Å². The Kier molecular flexibility index (Phi) is 3.98. The number of para-hydroxylation sites is 1. The van der Waals surface area contributed by atoms with Gasteiger partial charge in [0.15, 0.2) is 9.84 Å². The minimum Gasteiger partial charge on any atom is -0.350 e. The molecule has 1 N–H and O–H groups in total. The number of aromatic nitrogens is 1. The zero-order valence-electron chi connectivity index (χ0n) is 12.8. The molecule has 0 saturated heterocycles. The number of nitrogens with one attached hydrogen (secondary N) is 1. The van der Waals surface area contributed by atoms with Gasteiger partial charge in [0.1, 0.15) is 10.6 Å². The second kappa shape index (κ2) is 5.84. The highest BCUT2D eigenvalue weighted by Gasteiger charge is 2.26. The number of hydrogen-bond donors (Lipinski definition) is 1. The second-order valence-electron chi connectivity index (χ2n) is 5.22. The molecule has 3 aromatic rings. The van der Waals surface area contributed by atoms with Gasteiger partial charge in [0.05, 0.1) is 20.1 Å². The molecule has 0 saturated carbocycles. The molecular weight excluding hydrogens is 350 g/mol. The van der Waals surface area contributed by atoms with Gasteiger partial charge in [-0.15, -0.1) is 11.3 Å². The number of thiazole rings is 1. The monoisotopic (exact) mass is 363 g/mol. The van der Waals surface area contributed by atoms with E-state index in [1.807, 2.05) is 19.1 Å². The van der Waals surface area contributed by atoms with E-state index in [-0.39, 0.29) is 10.6 Å². The van der Waals surface area contributed by atoms with Crippen LogP contribution in [0, 0.1) is 17.0 Å². The fraction of sp³-hybridized carbons (Fsp3) is 0.133. The predicted molar refractivity (Wildman–Crippen MR) is 93.8 cm³/mol. The van der Waals surface area contributed by atoms with Gasteiger partial charge in [-0.05, 0) is 37.3 Å². The van der Waals surface area contributed by atoms with Crippen molar-refractivity contribution in [1.29, 1.82) is 0 Å². The Morgan fingerprint density at radius 2 is 2.00 bits per heavy atom. The Bertz CT molecular complexity index is 1060. The third-order valence-electron chi connectivity index (χ3n) is 3.36. The first kappa shape index (κ1) is 16.3. The summed E-state index contributed by atoms with van der Waals surface area (Å²) >= 11 is 1.51. The molecule has 24 heavy (non-hydrogen) atoms. The number of nitro benzene ring substituents is 1. The van der Waals surface area contributed by atoms with Crippen molar-refractivity contribution >= 4 is 48.5 Å². The Labute approximate surface area is 142 Å². The van der Waals surface area contributed by atoms with Crippen molar-refractivity contribution < 1.29 is 13.3 Å². The van der Waals surface area contributed by atoms with Gasteiger partial charge in [0.2, 0.25) is 0 Å². The van der Waals surface area contributed by atoms with Crippen molar-refractivity contribution in [2.45, 2.75) is 11.8 Å². The number of nitrogens with zero attached hydrogens (tertiary/aromatic N) is 2. The van der Waals surface area contributed by atoms with Gasteiger partial charge in [-0.25, -0.2) is 13.4 Å². The number of hydrogen-bond acceptors (Lipinski definition) is 7. The summed E-state index contributed by atoms with van der Waals surface area (Å²) in [5.41, 5.74) is 1.14. The predicted octanol–water partition coefficient (Wildman–Crippen LogP) is 3.66. The van der Waals surface area contributed by atoms with E-state index in [0.717, 1.165) is 21.5 Å². The van der Waals surface area contributed by atoms with Crippen LogP contribution in [0.1, 0.15) is 5.01 Å². The summed E-state index contributed by atoms with van der Waals surface area (Å²) in [4.78, 5) is 14.7. The number of rotatable bonds is 4. The first-order valence-electron chi connectivity index (χ1n) is 6.87. The molecule has 0 bridgehead atoms. The maximum atomic E-state index is 11.8. The van der Waals surface area contributed by atoms with E-state index in [9.17, 15) is 18.5 Å². The van der Waals surface area contributed by atoms with Crippen LogP contribution in [-0.4, -0.2) is 24.6 Å². The van der Waals surface area contributed by atoms with E-state index in [0.29, 0.717) is 5.69 Å². The lowest BCUT2D eigenvalue weighted by Crippen LogP contribution is -2.05. The van der Waals surface area contributed by atoms with Crippen molar-refractivity contribution in [2.24, 2.45) is 0 Å². The number of fused-ring (bicyclic) bond motifs is 1. The summed E-state index contributed by atoms with van der Waals surface area (Å²) in [6.07, 6.45) is 0.950. The lowest BCUT2D eigenvalue weighted by Gasteiger charge is -2.09. The Balaban J connectivity index is 2.10. The summed E-state index contributed by atoms with van der Waals surface area (Å²) in [5, 5.41) is 15.3. The van der Waals surface area contributed by atoms with E-state index >= 15 is 0 Å². The lowest BCUT2D eigenvalue weighted by atomic mass is 10.2. The SMILES string of the molecule is Cc1nc2ccc(Nc3cccc(S(C)(=O)=O)c3[N+](=O)[O-])cc2s1. The van der Waals surface area contributed by atoms with E-state index in [4.69, 9.17) is 0 Å². The van der Waals surface area contributed by atoms with Gasteiger partial charge in [0.25, 0.3) is 0 Å². The zero-order valence-corrected chi connectivity index (χ0v) is 14.4. The summed E-state index contributed by atoms with van der Waals surface area (Å²) in [7, 11) is -3.71. The highest BCUT2D eigenvalue weighted by molar-refractivity contribution is 7.90. The van der Waals surface area contributed by atoms with Gasteiger partial charge in [0, 0.05) is 11.9 Å². The van der Waals surface area contributed by atoms with Crippen molar-refractivity contribution in [3.05, 3.63) is 51.5 Å². The third kappa shape index (κ3) is 3.08. The van der Waals surface area contributed by atoms with Gasteiger partial charge in [-0.1, -0.05) is 6.07 Å². The highest BCUT2D eigenvalue weighted by Crippen LogP contribution is 2.35. The lowest BCUT2D eigenvalue weighted by molar-refractivity contribution is -0.386. The molecule has 9 heteroatoms. The zero-order chi connectivity index (χ0) is 17.5. The van der Waals surface area contributed by atoms with Crippen LogP contribution in [0.5, 0.6) is 0 Å². The molecule has 0 radical (unpaired) electrons. The van der Waals surface area contributed by atoms with Crippen LogP contribution in [0.3, 0.4) is 0 Å². The number of benzene rings is 2. The van der Waals surface area contributed by atoms with Crippen molar-refractivity contribution in [2.75, 3.05) is 11.6 Å². The van der Waals surface area contributed by atoms with E-state index in [1.165, 1.54) is 29.5 Å². The molecule has 124 valence electrons. The number of aryl methyl sites for hydroxylation is 1. The van der Waals surface area contributed by atoms with Crippen LogP contribution in [0.2, 0.25) is 0 Å². The molecule has 0 amide bonds. The molecule has 0 aliphatic heterocycles. The van der Waals surface area contributed by atoms with Gasteiger partial charge in [-0.2, -0.15) is 0 Å². The molecule has 0 unspecified atom stereocenters. The fourth-order valence-electron chi connectivity index (χ4n) is 2.38. The van der Waals surface area contributed by atoms with Crippen LogP contribution in [-0.2, 0) is 9.84 Å². The van der Waals surface area contributed by atoms with Gasteiger partial charge < -0.3 is 5.32 Å². The Morgan fingerprint density at radius 3 is 2.67 bits per heavy atom. The normalized spacial score (nSPS) is 11.6. The smallest absolute Gasteiger partial charge is 0.311 e. The van der Waals surface area contributed by atoms with E-state index < -0.39 is 20.4 Å². The molecule has 0 atom stereocenters. The van der Waals surface area contributed by atoms with Crippen LogP contribution >= 0.6 is 11.3 Å². The molecule has 0 spiro atoms. The molecule has 1 heterocycles. The van der Waals surface area contributed by atoms with Crippen LogP contribution < -0.4 is 5.32 Å². The first-order valence-corrected chi connectivity index (χ1v) is 9.58. The standard InChI is InChI=1S/C15H13N3O4S2/c1-9-16-11-7-6-10(8-13(11)23-9)17-12-4-3-5-14(24(2,21)22)15(12)18(19)20/h3-8,17H,1-2H3. The highest BCUT2D eigenvalue weighted by atomic mass is 32.2. The molecule has 3 rings (SSSR count). The minimum absolute atomic E-state index is 0.128. The van der Waals surface area contributed by atoms with E-state index in [2.05, 4.69) is 10.3 Å². The molecule has 0 fully saturated rings. The summed E-state index contributed by atoms with van der Waals surface area (Å²) < 4.78 is 24.5. The van der Waals surface area contributed by atoms with Crippen LogP contribution in [0.15, 0.2) is 41.3 Å². The minimum atomic E-state index is -3.71. The topological polar surface area (TPSA) is 102 Å². The first-order chi connectivity index (χ1) is 11.3. The fourth-order valence-corrected chi connectivity index (χ4v) is 4.11. The van der Waals surface area contributed by atoms with Crippen LogP contribution in [0.4, 0.5) is 17.1 Å². The van der Waals surface area contributed by atoms with Crippen molar-refractivity contribution in [3.63, 3.8) is 0 Å². The molecule has 0 aliphatic rings. The Hall–Kier alpha value is -2.52. The molecule has 1 aromatic heterocycles. The summed E-state index contributed by atoms with van der Waals surface area (Å²) in [5.74, 6) is 0. The summed E-state index contributed by atoms with van der Waals surface area (Å²) in [6, 6.07) is 9.58. The maximum absolute atomic E-state index is 11.8. The molecular formula is C15H13N3O4S2. The third-order valence-corrected chi connectivity index (χ3v) is 5.42. The number of anilines is 2. The average molecular weight is 363 g/mol. The Morgan fingerprint density at radius 1 is 1.25 bits per heavy atom. The van der Waals surface area contributed by atoms with Crippen molar-refractivity contribution in [1.82, 2.24) is 4.98 Å².